The van der Waals surface area contributed by atoms with Crippen LogP contribution in [-0.4, -0.2) is 6.54 Å². The van der Waals surface area contributed by atoms with Crippen molar-refractivity contribution in [1.82, 2.24) is 5.32 Å². The van der Waals surface area contributed by atoms with Gasteiger partial charge in [-0.05, 0) is 41.9 Å². The van der Waals surface area contributed by atoms with Gasteiger partial charge in [-0.2, -0.15) is 5.26 Å². The first-order valence-electron chi connectivity index (χ1n) is 6.84. The molecule has 0 aliphatic carbocycles. The van der Waals surface area contributed by atoms with E-state index in [2.05, 4.69) is 11.4 Å². The zero-order chi connectivity index (χ0) is 15.1. The standard InChI is InChI=1S/C17H17FN2O/c1-2-20-11-15-7-8-17(16(18)9-15)21-12-14-5-3-13(10-19)4-6-14/h3-9,20H,2,11-12H2,1H3. The van der Waals surface area contributed by atoms with Crippen molar-refractivity contribution in [3.63, 3.8) is 0 Å². The van der Waals surface area contributed by atoms with Crippen molar-refractivity contribution >= 4 is 0 Å². The second-order valence-corrected chi connectivity index (χ2v) is 4.64. The lowest BCUT2D eigenvalue weighted by Crippen LogP contribution is -2.11. The van der Waals surface area contributed by atoms with Crippen LogP contribution in [0.1, 0.15) is 23.6 Å². The third-order valence-corrected chi connectivity index (χ3v) is 3.05. The maximum Gasteiger partial charge on any atom is 0.165 e. The molecule has 0 saturated heterocycles. The van der Waals surface area contributed by atoms with Crippen LogP contribution in [-0.2, 0) is 13.2 Å². The number of halogens is 1. The lowest BCUT2D eigenvalue weighted by atomic mass is 10.1. The fraction of sp³-hybridized carbons (Fsp3) is 0.235. The van der Waals surface area contributed by atoms with Crippen molar-refractivity contribution in [2.24, 2.45) is 0 Å². The molecular weight excluding hydrogens is 267 g/mol. The Kier molecular flexibility index (Phi) is 5.30. The van der Waals surface area contributed by atoms with Gasteiger partial charge in [0.15, 0.2) is 11.6 Å². The molecule has 4 heteroatoms. The molecule has 0 fully saturated rings. The van der Waals surface area contributed by atoms with E-state index < -0.39 is 0 Å². The van der Waals surface area contributed by atoms with Crippen LogP contribution in [0.5, 0.6) is 5.75 Å². The van der Waals surface area contributed by atoms with Gasteiger partial charge in [-0.3, -0.25) is 0 Å². The average molecular weight is 284 g/mol. The summed E-state index contributed by atoms with van der Waals surface area (Å²) in [5.74, 6) is -0.126. The van der Waals surface area contributed by atoms with E-state index in [0.29, 0.717) is 12.1 Å². The van der Waals surface area contributed by atoms with E-state index in [1.807, 2.05) is 13.0 Å². The van der Waals surface area contributed by atoms with Crippen molar-refractivity contribution < 1.29 is 9.13 Å². The minimum atomic E-state index is -0.362. The zero-order valence-corrected chi connectivity index (χ0v) is 11.9. The number of nitriles is 1. The Morgan fingerprint density at radius 1 is 1.14 bits per heavy atom. The van der Waals surface area contributed by atoms with Crippen LogP contribution in [0.2, 0.25) is 0 Å². The molecule has 2 aromatic carbocycles. The predicted octanol–water partition coefficient (Wildman–Crippen LogP) is 3.39. The van der Waals surface area contributed by atoms with Crippen molar-refractivity contribution in [1.29, 1.82) is 5.26 Å². The molecule has 0 aromatic heterocycles. The molecule has 1 N–H and O–H groups in total. The summed E-state index contributed by atoms with van der Waals surface area (Å²) >= 11 is 0. The van der Waals surface area contributed by atoms with E-state index in [0.717, 1.165) is 17.7 Å². The van der Waals surface area contributed by atoms with E-state index >= 15 is 0 Å². The Balaban J connectivity index is 1.97. The summed E-state index contributed by atoms with van der Waals surface area (Å²) in [7, 11) is 0. The molecule has 0 atom stereocenters. The Bertz CT molecular complexity index is 632. The molecule has 21 heavy (non-hydrogen) atoms. The molecule has 0 unspecified atom stereocenters. The molecule has 0 aliphatic rings. The van der Waals surface area contributed by atoms with Crippen LogP contribution in [0, 0.1) is 17.1 Å². The Morgan fingerprint density at radius 3 is 2.48 bits per heavy atom. The maximum atomic E-state index is 13.9. The van der Waals surface area contributed by atoms with Crippen LogP contribution < -0.4 is 10.1 Å². The summed E-state index contributed by atoms with van der Waals surface area (Å²) in [6, 6.07) is 14.1. The average Bonchev–Trinajstić information content (AvgIpc) is 2.52. The number of hydrogen-bond donors (Lipinski definition) is 1. The minimum Gasteiger partial charge on any atom is -0.486 e. The van der Waals surface area contributed by atoms with Crippen molar-refractivity contribution in [2.45, 2.75) is 20.1 Å². The second kappa shape index (κ2) is 7.41. The normalized spacial score (nSPS) is 10.1. The molecule has 0 radical (unpaired) electrons. The summed E-state index contributed by atoms with van der Waals surface area (Å²) in [6.45, 7) is 3.77. The highest BCUT2D eigenvalue weighted by molar-refractivity contribution is 5.32. The summed E-state index contributed by atoms with van der Waals surface area (Å²) in [4.78, 5) is 0. The van der Waals surface area contributed by atoms with Gasteiger partial charge in [0.2, 0.25) is 0 Å². The smallest absolute Gasteiger partial charge is 0.165 e. The first kappa shape index (κ1) is 15.0. The zero-order valence-electron chi connectivity index (χ0n) is 11.9. The first-order valence-corrected chi connectivity index (χ1v) is 6.84. The highest BCUT2D eigenvalue weighted by Gasteiger charge is 2.05. The molecule has 0 bridgehead atoms. The number of rotatable bonds is 6. The van der Waals surface area contributed by atoms with Gasteiger partial charge < -0.3 is 10.1 Å². The molecule has 0 heterocycles. The third-order valence-electron chi connectivity index (χ3n) is 3.05. The van der Waals surface area contributed by atoms with Crippen molar-refractivity contribution in [3.8, 4) is 11.8 Å². The van der Waals surface area contributed by atoms with Gasteiger partial charge in [0.05, 0.1) is 11.6 Å². The van der Waals surface area contributed by atoms with Crippen LogP contribution in [0.15, 0.2) is 42.5 Å². The van der Waals surface area contributed by atoms with Gasteiger partial charge in [-0.15, -0.1) is 0 Å². The fourth-order valence-electron chi connectivity index (χ4n) is 1.88. The number of nitrogens with zero attached hydrogens (tertiary/aromatic N) is 1. The molecule has 0 aliphatic heterocycles. The molecular formula is C17H17FN2O. The molecule has 0 spiro atoms. The quantitative estimate of drug-likeness (QED) is 0.884. The van der Waals surface area contributed by atoms with Crippen LogP contribution in [0.25, 0.3) is 0 Å². The molecule has 2 aromatic rings. The summed E-state index contributed by atoms with van der Waals surface area (Å²) in [5.41, 5.74) is 2.38. The van der Waals surface area contributed by atoms with Crippen LogP contribution >= 0.6 is 0 Å². The van der Waals surface area contributed by atoms with Crippen molar-refractivity contribution in [3.05, 3.63) is 65.0 Å². The topological polar surface area (TPSA) is 45.0 Å². The van der Waals surface area contributed by atoms with Gasteiger partial charge in [-0.1, -0.05) is 25.1 Å². The van der Waals surface area contributed by atoms with Crippen molar-refractivity contribution in [2.75, 3.05) is 6.54 Å². The van der Waals surface area contributed by atoms with E-state index in [-0.39, 0.29) is 18.2 Å². The molecule has 0 amide bonds. The fourth-order valence-corrected chi connectivity index (χ4v) is 1.88. The molecule has 108 valence electrons. The minimum absolute atomic E-state index is 0.236. The van der Waals surface area contributed by atoms with Gasteiger partial charge in [-0.25, -0.2) is 4.39 Å². The lowest BCUT2D eigenvalue weighted by Gasteiger charge is -2.09. The molecule has 0 saturated carbocycles. The second-order valence-electron chi connectivity index (χ2n) is 4.64. The third kappa shape index (κ3) is 4.30. The highest BCUT2D eigenvalue weighted by atomic mass is 19.1. The van der Waals surface area contributed by atoms with Gasteiger partial charge in [0.25, 0.3) is 0 Å². The number of ether oxygens (including phenoxy) is 1. The highest BCUT2D eigenvalue weighted by Crippen LogP contribution is 2.19. The Morgan fingerprint density at radius 2 is 1.86 bits per heavy atom. The van der Waals surface area contributed by atoms with Crippen LogP contribution in [0.3, 0.4) is 0 Å². The van der Waals surface area contributed by atoms with Gasteiger partial charge in [0, 0.05) is 6.54 Å². The Labute approximate surface area is 124 Å². The largest absolute Gasteiger partial charge is 0.486 e. The van der Waals surface area contributed by atoms with Gasteiger partial charge in [0.1, 0.15) is 6.61 Å². The maximum absolute atomic E-state index is 13.9. The summed E-state index contributed by atoms with van der Waals surface area (Å²) < 4.78 is 19.4. The molecule has 3 nitrogen and oxygen atoms in total. The summed E-state index contributed by atoms with van der Waals surface area (Å²) in [5, 5.41) is 11.9. The van der Waals surface area contributed by atoms with E-state index in [1.54, 1.807) is 30.3 Å². The van der Waals surface area contributed by atoms with Gasteiger partial charge >= 0.3 is 0 Å². The van der Waals surface area contributed by atoms with Crippen LogP contribution in [0.4, 0.5) is 4.39 Å². The molecule has 2 rings (SSSR count). The van der Waals surface area contributed by atoms with E-state index in [4.69, 9.17) is 10.00 Å². The van der Waals surface area contributed by atoms with E-state index in [9.17, 15) is 4.39 Å². The monoisotopic (exact) mass is 284 g/mol. The lowest BCUT2D eigenvalue weighted by molar-refractivity contribution is 0.290. The SMILES string of the molecule is CCNCc1ccc(OCc2ccc(C#N)cc2)c(F)c1. The number of hydrogen-bond acceptors (Lipinski definition) is 3. The number of nitrogens with one attached hydrogen (secondary N) is 1. The Hall–Kier alpha value is -2.38. The first-order chi connectivity index (χ1) is 10.2. The van der Waals surface area contributed by atoms with E-state index in [1.165, 1.54) is 6.07 Å². The summed E-state index contributed by atoms with van der Waals surface area (Å²) in [6.07, 6.45) is 0. The predicted molar refractivity (Wildman–Crippen MR) is 79.3 cm³/mol. The number of benzene rings is 2.